The summed E-state index contributed by atoms with van der Waals surface area (Å²) in [6, 6.07) is 21.3. The van der Waals surface area contributed by atoms with E-state index in [2.05, 4.69) is 24.3 Å². The summed E-state index contributed by atoms with van der Waals surface area (Å²) in [7, 11) is 0. The predicted octanol–water partition coefficient (Wildman–Crippen LogP) is 3.84. The normalized spacial score (nSPS) is 16.0. The van der Waals surface area contributed by atoms with Gasteiger partial charge in [-0.2, -0.15) is 0 Å². The number of carbonyl (C=O) groups excluding carboxylic acids is 1. The van der Waals surface area contributed by atoms with Gasteiger partial charge in [-0.3, -0.25) is 4.79 Å². The van der Waals surface area contributed by atoms with Crippen LogP contribution in [0.2, 0.25) is 0 Å². The quantitative estimate of drug-likeness (QED) is 0.665. The third-order valence-corrected chi connectivity index (χ3v) is 5.08. The summed E-state index contributed by atoms with van der Waals surface area (Å²) in [5.74, 6) is 1.10. The van der Waals surface area contributed by atoms with Gasteiger partial charge in [-0.25, -0.2) is 4.79 Å². The van der Waals surface area contributed by atoms with Gasteiger partial charge in [0.1, 0.15) is 17.6 Å². The van der Waals surface area contributed by atoms with E-state index in [0.717, 1.165) is 23.1 Å². The van der Waals surface area contributed by atoms with Crippen molar-refractivity contribution in [3.63, 3.8) is 0 Å². The first-order valence-corrected chi connectivity index (χ1v) is 9.77. The van der Waals surface area contributed by atoms with Gasteiger partial charge in [0.25, 0.3) is 0 Å². The fourth-order valence-corrected chi connectivity index (χ4v) is 3.62. The lowest BCUT2D eigenvalue weighted by Gasteiger charge is -2.17. The Balaban J connectivity index is 1.34. The lowest BCUT2D eigenvalue weighted by Crippen LogP contribution is -2.32. The van der Waals surface area contributed by atoms with Crippen molar-refractivity contribution in [3.05, 3.63) is 88.5 Å². The number of aryl methyl sites for hydroxylation is 1. The van der Waals surface area contributed by atoms with Gasteiger partial charge >= 0.3 is 5.63 Å². The number of likely N-dealkylation sites (tertiary alicyclic amines) is 1. The molecule has 3 aromatic rings. The molecule has 5 nitrogen and oxygen atoms in total. The van der Waals surface area contributed by atoms with Crippen molar-refractivity contribution in [1.29, 1.82) is 0 Å². The van der Waals surface area contributed by atoms with Crippen molar-refractivity contribution < 1.29 is 13.9 Å². The van der Waals surface area contributed by atoms with E-state index in [9.17, 15) is 9.59 Å². The Labute approximate surface area is 169 Å². The minimum atomic E-state index is -0.426. The van der Waals surface area contributed by atoms with Crippen LogP contribution in [0.5, 0.6) is 5.75 Å². The zero-order chi connectivity index (χ0) is 20.2. The standard InChI is InChI=1S/C24H23NO4/c1-17-13-22(15-24(27)28-17)29-21-11-12-25(16-21)23(26)14-18-7-9-20(10-8-18)19-5-3-2-4-6-19/h2-10,13,15,21H,11-12,14,16H2,1H3. The molecule has 4 rings (SSSR count). The molecule has 2 heterocycles. The van der Waals surface area contributed by atoms with Crippen LogP contribution in [0, 0.1) is 6.92 Å². The number of rotatable bonds is 5. The van der Waals surface area contributed by atoms with Crippen LogP contribution in [0.3, 0.4) is 0 Å². The highest BCUT2D eigenvalue weighted by Gasteiger charge is 2.27. The number of benzene rings is 2. The molecule has 29 heavy (non-hydrogen) atoms. The minimum Gasteiger partial charge on any atom is -0.488 e. The van der Waals surface area contributed by atoms with E-state index in [1.807, 2.05) is 35.2 Å². The molecule has 1 aliphatic heterocycles. The maximum absolute atomic E-state index is 12.7. The number of hydrogen-bond acceptors (Lipinski definition) is 4. The average molecular weight is 389 g/mol. The van der Waals surface area contributed by atoms with E-state index in [1.54, 1.807) is 13.0 Å². The molecule has 0 N–H and O–H groups in total. The second-order valence-corrected chi connectivity index (χ2v) is 7.33. The molecular formula is C24H23NO4. The molecule has 1 atom stereocenters. The van der Waals surface area contributed by atoms with Gasteiger partial charge in [-0.15, -0.1) is 0 Å². The molecule has 1 fully saturated rings. The fourth-order valence-electron chi connectivity index (χ4n) is 3.62. The first-order chi connectivity index (χ1) is 14.1. The zero-order valence-corrected chi connectivity index (χ0v) is 16.3. The summed E-state index contributed by atoms with van der Waals surface area (Å²) in [5, 5.41) is 0. The van der Waals surface area contributed by atoms with E-state index in [0.29, 0.717) is 31.0 Å². The van der Waals surface area contributed by atoms with Gasteiger partial charge in [0.05, 0.1) is 19.0 Å². The third kappa shape index (κ3) is 4.74. The molecular weight excluding hydrogens is 366 g/mol. The third-order valence-electron chi connectivity index (χ3n) is 5.08. The van der Waals surface area contributed by atoms with Gasteiger partial charge in [0.2, 0.25) is 5.91 Å². The lowest BCUT2D eigenvalue weighted by molar-refractivity contribution is -0.129. The molecule has 0 spiro atoms. The lowest BCUT2D eigenvalue weighted by atomic mass is 10.0. The summed E-state index contributed by atoms with van der Waals surface area (Å²) >= 11 is 0. The van der Waals surface area contributed by atoms with Gasteiger partial charge in [-0.1, -0.05) is 54.6 Å². The Morgan fingerprint density at radius 3 is 2.52 bits per heavy atom. The summed E-state index contributed by atoms with van der Waals surface area (Å²) in [6.07, 6.45) is 1.01. The predicted molar refractivity (Wildman–Crippen MR) is 111 cm³/mol. The van der Waals surface area contributed by atoms with Crippen molar-refractivity contribution in [1.82, 2.24) is 4.90 Å². The van der Waals surface area contributed by atoms with E-state index in [1.165, 1.54) is 6.07 Å². The number of amides is 1. The van der Waals surface area contributed by atoms with Gasteiger partial charge < -0.3 is 14.1 Å². The Morgan fingerprint density at radius 2 is 1.79 bits per heavy atom. The molecule has 0 aliphatic carbocycles. The summed E-state index contributed by atoms with van der Waals surface area (Å²) in [6.45, 7) is 2.90. The topological polar surface area (TPSA) is 59.8 Å². The molecule has 0 bridgehead atoms. The summed E-state index contributed by atoms with van der Waals surface area (Å²) in [5.41, 5.74) is 2.87. The van der Waals surface area contributed by atoms with E-state index in [4.69, 9.17) is 9.15 Å². The smallest absolute Gasteiger partial charge is 0.339 e. The van der Waals surface area contributed by atoms with Gasteiger partial charge in [-0.05, 0) is 23.6 Å². The minimum absolute atomic E-state index is 0.0901. The Morgan fingerprint density at radius 1 is 1.07 bits per heavy atom. The monoisotopic (exact) mass is 389 g/mol. The van der Waals surface area contributed by atoms with Crippen LogP contribution in [0.1, 0.15) is 17.7 Å². The van der Waals surface area contributed by atoms with E-state index in [-0.39, 0.29) is 12.0 Å². The second-order valence-electron chi connectivity index (χ2n) is 7.33. The maximum atomic E-state index is 12.7. The van der Waals surface area contributed by atoms with Crippen molar-refractivity contribution in [2.45, 2.75) is 25.9 Å². The Bertz CT molecular complexity index is 1040. The van der Waals surface area contributed by atoms with Crippen LogP contribution >= 0.6 is 0 Å². The van der Waals surface area contributed by atoms with Crippen LogP contribution in [0.15, 0.2) is 75.9 Å². The molecule has 1 unspecified atom stereocenters. The highest BCUT2D eigenvalue weighted by Crippen LogP contribution is 2.21. The van der Waals surface area contributed by atoms with Gasteiger partial charge in [0.15, 0.2) is 0 Å². The SMILES string of the molecule is Cc1cc(OC2CCN(C(=O)Cc3ccc(-c4ccccc4)cc3)C2)cc(=O)o1. The van der Waals surface area contributed by atoms with Crippen molar-refractivity contribution in [2.24, 2.45) is 0 Å². The van der Waals surface area contributed by atoms with Crippen LogP contribution in [-0.2, 0) is 11.2 Å². The molecule has 148 valence electrons. The van der Waals surface area contributed by atoms with Crippen molar-refractivity contribution in [2.75, 3.05) is 13.1 Å². The number of hydrogen-bond donors (Lipinski definition) is 0. The van der Waals surface area contributed by atoms with Crippen LogP contribution in [0.4, 0.5) is 0 Å². The maximum Gasteiger partial charge on any atom is 0.339 e. The highest BCUT2D eigenvalue weighted by atomic mass is 16.5. The van der Waals surface area contributed by atoms with Crippen LogP contribution in [0.25, 0.3) is 11.1 Å². The molecule has 2 aromatic carbocycles. The fraction of sp³-hybridized carbons (Fsp3) is 0.250. The summed E-state index contributed by atoms with van der Waals surface area (Å²) in [4.78, 5) is 26.0. The Kier molecular flexibility index (Phi) is 5.47. The first-order valence-electron chi connectivity index (χ1n) is 9.77. The largest absolute Gasteiger partial charge is 0.488 e. The molecule has 1 saturated heterocycles. The van der Waals surface area contributed by atoms with Gasteiger partial charge in [0, 0.05) is 19.0 Å². The number of ether oxygens (including phenoxy) is 1. The molecule has 5 heteroatoms. The molecule has 1 aromatic heterocycles. The molecule has 0 radical (unpaired) electrons. The second kappa shape index (κ2) is 8.35. The zero-order valence-electron chi connectivity index (χ0n) is 16.3. The average Bonchev–Trinajstić information content (AvgIpc) is 3.17. The van der Waals surface area contributed by atoms with Crippen LogP contribution < -0.4 is 10.4 Å². The number of nitrogens with zero attached hydrogens (tertiary/aromatic N) is 1. The molecule has 1 amide bonds. The first kappa shape index (κ1) is 19.0. The van der Waals surface area contributed by atoms with Crippen molar-refractivity contribution in [3.8, 4) is 16.9 Å². The molecule has 0 saturated carbocycles. The number of carbonyl (C=O) groups is 1. The van der Waals surface area contributed by atoms with Crippen LogP contribution in [-0.4, -0.2) is 30.0 Å². The molecule has 1 aliphatic rings. The van der Waals surface area contributed by atoms with E-state index < -0.39 is 5.63 Å². The van der Waals surface area contributed by atoms with Crippen molar-refractivity contribution >= 4 is 5.91 Å². The highest BCUT2D eigenvalue weighted by molar-refractivity contribution is 5.79. The van der Waals surface area contributed by atoms with E-state index >= 15 is 0 Å². The summed E-state index contributed by atoms with van der Waals surface area (Å²) < 4.78 is 10.8. The Hall–Kier alpha value is -3.34.